The summed E-state index contributed by atoms with van der Waals surface area (Å²) in [6.45, 7) is 0.0292. The van der Waals surface area contributed by atoms with Crippen LogP contribution in [-0.2, 0) is 9.53 Å². The minimum Gasteiger partial charge on any atom is -0.465 e. The minimum absolute atomic E-state index is 0.0292. The van der Waals surface area contributed by atoms with E-state index in [0.29, 0.717) is 22.5 Å². The van der Waals surface area contributed by atoms with Crippen molar-refractivity contribution in [3.05, 3.63) is 59.7 Å². The number of hydrogen-bond donors (Lipinski definition) is 2. The molecule has 0 aliphatic carbocycles. The van der Waals surface area contributed by atoms with Gasteiger partial charge in [0.1, 0.15) is 0 Å². The van der Waals surface area contributed by atoms with Crippen molar-refractivity contribution in [1.82, 2.24) is 0 Å². The zero-order chi connectivity index (χ0) is 16.7. The Morgan fingerprint density at radius 3 is 2.61 bits per heavy atom. The van der Waals surface area contributed by atoms with Crippen LogP contribution in [0.25, 0.3) is 0 Å². The zero-order valence-electron chi connectivity index (χ0n) is 12.5. The Morgan fingerprint density at radius 1 is 1.13 bits per heavy atom. The Kier molecular flexibility index (Phi) is 5.31. The lowest BCUT2D eigenvalue weighted by molar-refractivity contribution is -0.114. The molecule has 0 atom stereocenters. The van der Waals surface area contributed by atoms with Gasteiger partial charge in [-0.05, 0) is 36.4 Å². The van der Waals surface area contributed by atoms with Gasteiger partial charge in [0.15, 0.2) is 0 Å². The summed E-state index contributed by atoms with van der Waals surface area (Å²) in [7, 11) is 1.31. The van der Waals surface area contributed by atoms with Crippen LogP contribution >= 0.6 is 0 Å². The number of rotatable bonds is 5. The smallest absolute Gasteiger partial charge is 0.337 e. The molecule has 6 heteroatoms. The highest BCUT2D eigenvalue weighted by atomic mass is 16.5. The molecule has 116 valence electrons. The lowest BCUT2D eigenvalue weighted by Gasteiger charge is -2.09. The van der Waals surface area contributed by atoms with Crippen LogP contribution in [0.1, 0.15) is 15.9 Å². The lowest BCUT2D eigenvalue weighted by Crippen LogP contribution is -2.21. The van der Waals surface area contributed by atoms with Crippen LogP contribution in [-0.4, -0.2) is 25.5 Å². The molecule has 2 N–H and O–H groups in total. The van der Waals surface area contributed by atoms with Gasteiger partial charge in [0.05, 0.1) is 30.9 Å². The maximum absolute atomic E-state index is 11.9. The maximum atomic E-state index is 11.9. The highest BCUT2D eigenvalue weighted by Gasteiger charge is 2.07. The van der Waals surface area contributed by atoms with E-state index in [0.717, 1.165) is 0 Å². The first-order valence-corrected chi connectivity index (χ1v) is 6.84. The Balaban J connectivity index is 1.94. The Labute approximate surface area is 133 Å². The minimum atomic E-state index is -0.439. The highest BCUT2D eigenvalue weighted by Crippen LogP contribution is 2.12. The number of hydrogen-bond acceptors (Lipinski definition) is 5. The Hall–Kier alpha value is -3.33. The number of amides is 1. The van der Waals surface area contributed by atoms with Gasteiger partial charge in [-0.1, -0.05) is 12.1 Å². The van der Waals surface area contributed by atoms with Crippen molar-refractivity contribution in [3.63, 3.8) is 0 Å². The molecule has 0 spiro atoms. The van der Waals surface area contributed by atoms with Gasteiger partial charge in [-0.15, -0.1) is 0 Å². The second-order valence-corrected chi connectivity index (χ2v) is 4.67. The topological polar surface area (TPSA) is 91.2 Å². The van der Waals surface area contributed by atoms with E-state index in [9.17, 15) is 9.59 Å². The van der Waals surface area contributed by atoms with Gasteiger partial charge in [0, 0.05) is 11.4 Å². The summed E-state index contributed by atoms with van der Waals surface area (Å²) in [6.07, 6.45) is 0. The van der Waals surface area contributed by atoms with E-state index in [1.165, 1.54) is 7.11 Å². The Bertz CT molecular complexity index is 766. The van der Waals surface area contributed by atoms with Crippen molar-refractivity contribution in [2.45, 2.75) is 0 Å². The van der Waals surface area contributed by atoms with E-state index < -0.39 is 5.97 Å². The number of nitriles is 1. The normalized spacial score (nSPS) is 9.57. The number of benzene rings is 2. The number of ether oxygens (including phenoxy) is 1. The quantitative estimate of drug-likeness (QED) is 0.828. The van der Waals surface area contributed by atoms with Crippen molar-refractivity contribution < 1.29 is 14.3 Å². The summed E-state index contributed by atoms with van der Waals surface area (Å²) < 4.78 is 4.65. The van der Waals surface area contributed by atoms with Gasteiger partial charge in [-0.25, -0.2) is 4.79 Å². The molecule has 0 aliphatic rings. The molecule has 0 aromatic heterocycles. The standard InChI is InChI=1S/C17H15N3O3/c1-23-17(22)13-5-3-6-14(9-13)19-11-16(21)20-15-7-2-4-12(8-15)10-18/h2-9,19H,11H2,1H3,(H,20,21). The number of carbonyl (C=O) groups excluding carboxylic acids is 2. The predicted octanol–water partition coefficient (Wildman–Crippen LogP) is 2.40. The van der Waals surface area contributed by atoms with Crippen molar-refractivity contribution >= 4 is 23.3 Å². The monoisotopic (exact) mass is 309 g/mol. The predicted molar refractivity (Wildman–Crippen MR) is 86.1 cm³/mol. The fourth-order valence-electron chi connectivity index (χ4n) is 1.93. The van der Waals surface area contributed by atoms with Gasteiger partial charge < -0.3 is 15.4 Å². The molecule has 23 heavy (non-hydrogen) atoms. The number of anilines is 2. The lowest BCUT2D eigenvalue weighted by atomic mass is 10.2. The van der Waals surface area contributed by atoms with Crippen LogP contribution in [0, 0.1) is 11.3 Å². The van der Waals surface area contributed by atoms with Gasteiger partial charge in [-0.3, -0.25) is 4.79 Å². The zero-order valence-corrected chi connectivity index (χ0v) is 12.5. The van der Waals surface area contributed by atoms with Crippen LogP contribution in [0.2, 0.25) is 0 Å². The third kappa shape index (κ3) is 4.58. The third-order valence-electron chi connectivity index (χ3n) is 3.01. The van der Waals surface area contributed by atoms with Crippen molar-refractivity contribution in [3.8, 4) is 6.07 Å². The van der Waals surface area contributed by atoms with E-state index in [4.69, 9.17) is 5.26 Å². The first-order chi connectivity index (χ1) is 11.1. The van der Waals surface area contributed by atoms with Crippen LogP contribution < -0.4 is 10.6 Å². The molecule has 0 bridgehead atoms. The molecular weight excluding hydrogens is 294 g/mol. The number of nitrogens with zero attached hydrogens (tertiary/aromatic N) is 1. The van der Waals surface area contributed by atoms with Gasteiger partial charge in [0.25, 0.3) is 0 Å². The second kappa shape index (κ2) is 7.61. The summed E-state index contributed by atoms with van der Waals surface area (Å²) in [5.41, 5.74) is 2.06. The van der Waals surface area contributed by atoms with Crippen molar-refractivity contribution in [2.24, 2.45) is 0 Å². The number of nitrogens with one attached hydrogen (secondary N) is 2. The molecule has 0 heterocycles. The van der Waals surface area contributed by atoms with Crippen LogP contribution in [0.3, 0.4) is 0 Å². The molecular formula is C17H15N3O3. The third-order valence-corrected chi connectivity index (χ3v) is 3.01. The molecule has 0 radical (unpaired) electrons. The first kappa shape index (κ1) is 16.0. The fraction of sp³-hybridized carbons (Fsp3) is 0.118. The molecule has 0 unspecified atom stereocenters. The summed E-state index contributed by atoms with van der Waals surface area (Å²) >= 11 is 0. The number of methoxy groups -OCH3 is 1. The molecule has 0 saturated carbocycles. The van der Waals surface area contributed by atoms with Crippen molar-refractivity contribution in [2.75, 3.05) is 24.3 Å². The summed E-state index contributed by atoms with van der Waals surface area (Å²) in [6, 6.07) is 15.3. The summed E-state index contributed by atoms with van der Waals surface area (Å²) in [5.74, 6) is -0.699. The van der Waals surface area contributed by atoms with E-state index in [2.05, 4.69) is 15.4 Å². The van der Waals surface area contributed by atoms with E-state index in [1.807, 2.05) is 6.07 Å². The maximum Gasteiger partial charge on any atom is 0.337 e. The van der Waals surface area contributed by atoms with Gasteiger partial charge >= 0.3 is 5.97 Å². The molecule has 0 aliphatic heterocycles. The molecule has 6 nitrogen and oxygen atoms in total. The largest absolute Gasteiger partial charge is 0.465 e. The molecule has 2 aromatic rings. The number of carbonyl (C=O) groups is 2. The summed E-state index contributed by atoms with van der Waals surface area (Å²) in [5, 5.41) is 14.4. The molecule has 2 rings (SSSR count). The van der Waals surface area contributed by atoms with Crippen LogP contribution in [0.15, 0.2) is 48.5 Å². The average molecular weight is 309 g/mol. The SMILES string of the molecule is COC(=O)c1cccc(NCC(=O)Nc2cccc(C#N)c2)c1. The number of esters is 1. The van der Waals surface area contributed by atoms with Crippen molar-refractivity contribution in [1.29, 1.82) is 5.26 Å². The second-order valence-electron chi connectivity index (χ2n) is 4.67. The van der Waals surface area contributed by atoms with E-state index >= 15 is 0 Å². The molecule has 0 fully saturated rings. The first-order valence-electron chi connectivity index (χ1n) is 6.84. The van der Waals surface area contributed by atoms with Crippen LogP contribution in [0.4, 0.5) is 11.4 Å². The molecule has 0 saturated heterocycles. The van der Waals surface area contributed by atoms with E-state index in [1.54, 1.807) is 48.5 Å². The highest BCUT2D eigenvalue weighted by molar-refractivity contribution is 5.94. The summed E-state index contributed by atoms with van der Waals surface area (Å²) in [4.78, 5) is 23.4. The molecule has 1 amide bonds. The van der Waals surface area contributed by atoms with Gasteiger partial charge in [0.2, 0.25) is 5.91 Å². The van der Waals surface area contributed by atoms with Gasteiger partial charge in [-0.2, -0.15) is 5.26 Å². The average Bonchev–Trinajstić information content (AvgIpc) is 2.59. The van der Waals surface area contributed by atoms with E-state index in [-0.39, 0.29) is 12.5 Å². The Morgan fingerprint density at radius 2 is 1.87 bits per heavy atom. The fourth-order valence-corrected chi connectivity index (χ4v) is 1.93. The van der Waals surface area contributed by atoms with Crippen LogP contribution in [0.5, 0.6) is 0 Å². The molecule has 2 aromatic carbocycles.